The van der Waals surface area contributed by atoms with Crippen molar-refractivity contribution in [2.24, 2.45) is 0 Å². The summed E-state index contributed by atoms with van der Waals surface area (Å²) in [4.78, 5) is 16.1. The molecular weight excluding hydrogens is 258 g/mol. The third kappa shape index (κ3) is 2.63. The minimum atomic E-state index is -0.306. The Morgan fingerprint density at radius 2 is 2.00 bits per heavy atom. The quantitative estimate of drug-likeness (QED) is 0.681. The van der Waals surface area contributed by atoms with Crippen LogP contribution >= 0.6 is 11.3 Å². The summed E-state index contributed by atoms with van der Waals surface area (Å²) >= 11 is 1.51. The Bertz CT molecular complexity index is 706. The average molecular weight is 269 g/mol. The monoisotopic (exact) mass is 269 g/mol. The molecular formula is C15H11NO2S. The molecule has 0 fully saturated rings. The number of benzene rings is 2. The van der Waals surface area contributed by atoms with Crippen molar-refractivity contribution < 1.29 is 9.53 Å². The van der Waals surface area contributed by atoms with E-state index < -0.39 is 0 Å². The van der Waals surface area contributed by atoms with Crippen molar-refractivity contribution in [2.75, 3.05) is 0 Å². The number of carbonyl (C=O) groups is 1. The number of rotatable bonds is 3. The maximum atomic E-state index is 11.9. The second-order valence-corrected chi connectivity index (χ2v) is 4.98. The summed E-state index contributed by atoms with van der Waals surface area (Å²) in [6.45, 7) is 0.292. The van der Waals surface area contributed by atoms with Gasteiger partial charge in [-0.1, -0.05) is 30.3 Å². The first-order chi connectivity index (χ1) is 9.33. The van der Waals surface area contributed by atoms with Crippen molar-refractivity contribution in [3.63, 3.8) is 0 Å². The molecule has 1 heterocycles. The Kier molecular flexibility index (Phi) is 3.25. The van der Waals surface area contributed by atoms with E-state index in [0.29, 0.717) is 12.2 Å². The maximum absolute atomic E-state index is 11.9. The Morgan fingerprint density at radius 3 is 2.84 bits per heavy atom. The van der Waals surface area contributed by atoms with Crippen molar-refractivity contribution in [3.05, 3.63) is 65.2 Å². The van der Waals surface area contributed by atoms with Gasteiger partial charge in [-0.3, -0.25) is 0 Å². The van der Waals surface area contributed by atoms with E-state index in [2.05, 4.69) is 4.98 Å². The van der Waals surface area contributed by atoms with Gasteiger partial charge in [0.2, 0.25) is 0 Å². The predicted molar refractivity (Wildman–Crippen MR) is 75.2 cm³/mol. The van der Waals surface area contributed by atoms with Gasteiger partial charge in [-0.2, -0.15) is 0 Å². The van der Waals surface area contributed by atoms with Gasteiger partial charge in [0.05, 0.1) is 21.3 Å². The van der Waals surface area contributed by atoms with Crippen LogP contribution in [0.2, 0.25) is 0 Å². The number of carbonyl (C=O) groups excluding carboxylic acids is 1. The first-order valence-electron chi connectivity index (χ1n) is 5.87. The summed E-state index contributed by atoms with van der Waals surface area (Å²) in [6, 6.07) is 15.0. The summed E-state index contributed by atoms with van der Waals surface area (Å²) < 4.78 is 6.28. The molecule has 0 radical (unpaired) electrons. The molecule has 0 bridgehead atoms. The molecule has 0 N–H and O–H groups in total. The van der Waals surface area contributed by atoms with Crippen LogP contribution in [0.3, 0.4) is 0 Å². The highest BCUT2D eigenvalue weighted by Gasteiger charge is 2.09. The smallest absolute Gasteiger partial charge is 0.338 e. The number of fused-ring (bicyclic) bond motifs is 1. The van der Waals surface area contributed by atoms with Crippen LogP contribution in [-0.2, 0) is 11.3 Å². The zero-order valence-electron chi connectivity index (χ0n) is 10.1. The molecule has 0 atom stereocenters. The summed E-state index contributed by atoms with van der Waals surface area (Å²) in [5.74, 6) is -0.306. The third-order valence-electron chi connectivity index (χ3n) is 2.78. The van der Waals surface area contributed by atoms with Crippen LogP contribution in [0.15, 0.2) is 54.0 Å². The molecule has 3 aromatic rings. The first-order valence-corrected chi connectivity index (χ1v) is 6.75. The number of aromatic nitrogens is 1. The van der Waals surface area contributed by atoms with Crippen LogP contribution in [0.4, 0.5) is 0 Å². The summed E-state index contributed by atoms with van der Waals surface area (Å²) in [5, 5.41) is 0. The van der Waals surface area contributed by atoms with Gasteiger partial charge in [0, 0.05) is 0 Å². The second kappa shape index (κ2) is 5.20. The van der Waals surface area contributed by atoms with Crippen LogP contribution in [0, 0.1) is 0 Å². The van der Waals surface area contributed by atoms with E-state index in [0.717, 1.165) is 15.8 Å². The van der Waals surface area contributed by atoms with Gasteiger partial charge in [0.25, 0.3) is 0 Å². The molecule has 3 rings (SSSR count). The highest BCUT2D eigenvalue weighted by molar-refractivity contribution is 7.16. The van der Waals surface area contributed by atoms with Gasteiger partial charge in [0.1, 0.15) is 6.61 Å². The zero-order chi connectivity index (χ0) is 13.1. The molecule has 2 aromatic carbocycles. The lowest BCUT2D eigenvalue weighted by molar-refractivity contribution is 0.0473. The summed E-state index contributed by atoms with van der Waals surface area (Å²) in [5.41, 5.74) is 4.22. The van der Waals surface area contributed by atoms with Crippen molar-refractivity contribution in [3.8, 4) is 0 Å². The Hall–Kier alpha value is -2.20. The van der Waals surface area contributed by atoms with E-state index in [-0.39, 0.29) is 5.97 Å². The number of esters is 1. The van der Waals surface area contributed by atoms with Crippen LogP contribution in [0.1, 0.15) is 15.9 Å². The fourth-order valence-electron chi connectivity index (χ4n) is 1.79. The van der Waals surface area contributed by atoms with Gasteiger partial charge in [-0.15, -0.1) is 11.3 Å². The van der Waals surface area contributed by atoms with Gasteiger partial charge >= 0.3 is 5.97 Å². The Labute approximate surface area is 114 Å². The van der Waals surface area contributed by atoms with E-state index in [1.54, 1.807) is 11.6 Å². The number of hydrogen-bond donors (Lipinski definition) is 0. The van der Waals surface area contributed by atoms with E-state index in [1.165, 1.54) is 11.3 Å². The van der Waals surface area contributed by atoms with E-state index in [1.807, 2.05) is 42.5 Å². The predicted octanol–water partition coefficient (Wildman–Crippen LogP) is 3.65. The van der Waals surface area contributed by atoms with Crippen molar-refractivity contribution >= 4 is 27.5 Å². The van der Waals surface area contributed by atoms with Gasteiger partial charge < -0.3 is 4.74 Å². The van der Waals surface area contributed by atoms with Crippen LogP contribution in [-0.4, -0.2) is 11.0 Å². The standard InChI is InChI=1S/C15H11NO2S/c17-15(18-9-11-4-2-1-3-5-11)12-6-7-13-14(8-12)19-10-16-13/h1-8,10H,9H2. The lowest BCUT2D eigenvalue weighted by Gasteiger charge is -2.04. The largest absolute Gasteiger partial charge is 0.457 e. The maximum Gasteiger partial charge on any atom is 0.338 e. The van der Waals surface area contributed by atoms with E-state index in [4.69, 9.17) is 4.74 Å². The molecule has 0 aliphatic heterocycles. The molecule has 0 amide bonds. The number of hydrogen-bond acceptors (Lipinski definition) is 4. The van der Waals surface area contributed by atoms with E-state index in [9.17, 15) is 4.79 Å². The molecule has 0 saturated heterocycles. The first kappa shape index (κ1) is 11.9. The van der Waals surface area contributed by atoms with Crippen molar-refractivity contribution in [2.45, 2.75) is 6.61 Å². The Balaban J connectivity index is 1.73. The van der Waals surface area contributed by atoms with Crippen LogP contribution < -0.4 is 0 Å². The van der Waals surface area contributed by atoms with Gasteiger partial charge in [0.15, 0.2) is 0 Å². The minimum absolute atomic E-state index is 0.292. The number of thiazole rings is 1. The topological polar surface area (TPSA) is 39.2 Å². The zero-order valence-corrected chi connectivity index (χ0v) is 10.9. The summed E-state index contributed by atoms with van der Waals surface area (Å²) in [6.07, 6.45) is 0. The van der Waals surface area contributed by atoms with E-state index >= 15 is 0 Å². The fraction of sp³-hybridized carbons (Fsp3) is 0.0667. The molecule has 0 spiro atoms. The molecule has 0 aliphatic carbocycles. The van der Waals surface area contributed by atoms with Crippen LogP contribution in [0.25, 0.3) is 10.2 Å². The molecule has 3 nitrogen and oxygen atoms in total. The SMILES string of the molecule is O=C(OCc1ccccc1)c1ccc2ncsc2c1. The Morgan fingerprint density at radius 1 is 1.16 bits per heavy atom. The fourth-order valence-corrected chi connectivity index (χ4v) is 2.50. The van der Waals surface area contributed by atoms with Crippen LogP contribution in [0.5, 0.6) is 0 Å². The second-order valence-electron chi connectivity index (χ2n) is 4.10. The minimum Gasteiger partial charge on any atom is -0.457 e. The number of nitrogens with zero attached hydrogens (tertiary/aromatic N) is 1. The van der Waals surface area contributed by atoms with Crippen molar-refractivity contribution in [1.29, 1.82) is 0 Å². The van der Waals surface area contributed by atoms with Crippen molar-refractivity contribution in [1.82, 2.24) is 4.98 Å². The molecule has 4 heteroatoms. The molecule has 19 heavy (non-hydrogen) atoms. The van der Waals surface area contributed by atoms with Gasteiger partial charge in [-0.05, 0) is 23.8 Å². The molecule has 94 valence electrons. The molecule has 0 saturated carbocycles. The lowest BCUT2D eigenvalue weighted by atomic mass is 10.2. The molecule has 0 unspecified atom stereocenters. The summed E-state index contributed by atoms with van der Waals surface area (Å²) in [7, 11) is 0. The molecule has 0 aliphatic rings. The third-order valence-corrected chi connectivity index (χ3v) is 3.57. The van der Waals surface area contributed by atoms with Gasteiger partial charge in [-0.25, -0.2) is 9.78 Å². The normalized spacial score (nSPS) is 10.5. The lowest BCUT2D eigenvalue weighted by Crippen LogP contribution is -2.04. The highest BCUT2D eigenvalue weighted by atomic mass is 32.1. The highest BCUT2D eigenvalue weighted by Crippen LogP contribution is 2.19. The molecule has 1 aromatic heterocycles. The average Bonchev–Trinajstić information content (AvgIpc) is 2.93. The number of ether oxygens (including phenoxy) is 1.